The predicted molar refractivity (Wildman–Crippen MR) is 64.7 cm³/mol. The molecule has 3 nitrogen and oxygen atoms in total. The van der Waals surface area contributed by atoms with Crippen molar-refractivity contribution in [3.8, 4) is 0 Å². The Morgan fingerprint density at radius 1 is 1.53 bits per heavy atom. The number of aliphatic hydroxyl groups excluding tert-OH is 1. The van der Waals surface area contributed by atoms with Crippen LogP contribution in [0.4, 0.5) is 0 Å². The first-order valence-electron chi connectivity index (χ1n) is 4.93. The molecule has 1 atom stereocenters. The quantitative estimate of drug-likeness (QED) is 0.888. The second-order valence-corrected chi connectivity index (χ2v) is 5.37. The van der Waals surface area contributed by atoms with E-state index in [-0.39, 0.29) is 5.54 Å². The van der Waals surface area contributed by atoms with Gasteiger partial charge in [-0.2, -0.15) is 0 Å². The highest BCUT2D eigenvalue weighted by Gasteiger charge is 2.16. The first-order valence-corrected chi connectivity index (χ1v) is 5.73. The second-order valence-electron chi connectivity index (χ2n) is 4.52. The molecule has 0 aliphatic heterocycles. The SMILES string of the molecule is CC(C)(C)NCC(O)c1ncccc1Br. The summed E-state index contributed by atoms with van der Waals surface area (Å²) in [5.74, 6) is 0. The lowest BCUT2D eigenvalue weighted by molar-refractivity contribution is 0.158. The Balaban J connectivity index is 2.62. The summed E-state index contributed by atoms with van der Waals surface area (Å²) in [5, 5.41) is 13.1. The largest absolute Gasteiger partial charge is 0.385 e. The zero-order valence-corrected chi connectivity index (χ0v) is 10.9. The highest BCUT2D eigenvalue weighted by molar-refractivity contribution is 9.10. The van der Waals surface area contributed by atoms with Gasteiger partial charge < -0.3 is 10.4 Å². The van der Waals surface area contributed by atoms with E-state index in [1.165, 1.54) is 0 Å². The minimum absolute atomic E-state index is 0.00222. The van der Waals surface area contributed by atoms with Crippen molar-refractivity contribution in [2.45, 2.75) is 32.4 Å². The number of nitrogens with zero attached hydrogens (tertiary/aromatic N) is 1. The molecule has 0 amide bonds. The molecule has 0 bridgehead atoms. The lowest BCUT2D eigenvalue weighted by atomic mass is 10.1. The lowest BCUT2D eigenvalue weighted by Crippen LogP contribution is -2.38. The molecule has 4 heteroatoms. The Morgan fingerprint density at radius 2 is 2.20 bits per heavy atom. The molecule has 0 saturated carbocycles. The summed E-state index contributed by atoms with van der Waals surface area (Å²) >= 11 is 3.37. The molecule has 0 saturated heterocycles. The fourth-order valence-electron chi connectivity index (χ4n) is 1.14. The first-order chi connectivity index (χ1) is 6.90. The fourth-order valence-corrected chi connectivity index (χ4v) is 1.66. The smallest absolute Gasteiger partial charge is 0.109 e. The molecule has 1 aromatic rings. The molecule has 15 heavy (non-hydrogen) atoms. The molecule has 2 N–H and O–H groups in total. The maximum Gasteiger partial charge on any atom is 0.109 e. The van der Waals surface area contributed by atoms with Gasteiger partial charge in [-0.15, -0.1) is 0 Å². The molecule has 0 aliphatic rings. The summed E-state index contributed by atoms with van der Waals surface area (Å²) in [6.07, 6.45) is 1.10. The summed E-state index contributed by atoms with van der Waals surface area (Å²) in [6, 6.07) is 3.71. The predicted octanol–water partition coefficient (Wildman–Crippen LogP) is 2.27. The molecule has 84 valence electrons. The van der Waals surface area contributed by atoms with Gasteiger partial charge in [-0.1, -0.05) is 0 Å². The Kier molecular flexibility index (Phi) is 4.25. The maximum atomic E-state index is 9.91. The van der Waals surface area contributed by atoms with Crippen LogP contribution in [0.5, 0.6) is 0 Å². The molecular weight excluding hydrogens is 256 g/mol. The van der Waals surface area contributed by atoms with Crippen LogP contribution in [-0.2, 0) is 0 Å². The van der Waals surface area contributed by atoms with E-state index in [1.54, 1.807) is 6.20 Å². The standard InChI is InChI=1S/C11H17BrN2O/c1-11(2,3)14-7-9(15)10-8(12)5-4-6-13-10/h4-6,9,14-15H,7H2,1-3H3. The van der Waals surface area contributed by atoms with E-state index in [9.17, 15) is 5.11 Å². The van der Waals surface area contributed by atoms with Crippen molar-refractivity contribution in [3.63, 3.8) is 0 Å². The fraction of sp³-hybridized carbons (Fsp3) is 0.545. The average Bonchev–Trinajstić information content (AvgIpc) is 2.14. The molecule has 1 heterocycles. The van der Waals surface area contributed by atoms with Crippen molar-refractivity contribution in [2.24, 2.45) is 0 Å². The van der Waals surface area contributed by atoms with Crippen molar-refractivity contribution in [1.29, 1.82) is 0 Å². The van der Waals surface area contributed by atoms with Crippen molar-refractivity contribution < 1.29 is 5.11 Å². The molecule has 0 aliphatic carbocycles. The van der Waals surface area contributed by atoms with Gasteiger partial charge >= 0.3 is 0 Å². The third kappa shape index (κ3) is 4.28. The van der Waals surface area contributed by atoms with Crippen LogP contribution < -0.4 is 5.32 Å². The maximum absolute atomic E-state index is 9.91. The number of aromatic nitrogens is 1. The number of hydrogen-bond acceptors (Lipinski definition) is 3. The number of hydrogen-bond donors (Lipinski definition) is 2. The zero-order valence-electron chi connectivity index (χ0n) is 9.29. The van der Waals surface area contributed by atoms with Crippen LogP contribution in [0.3, 0.4) is 0 Å². The van der Waals surface area contributed by atoms with E-state index in [4.69, 9.17) is 0 Å². The summed E-state index contributed by atoms with van der Waals surface area (Å²) in [5.41, 5.74) is 0.677. The summed E-state index contributed by atoms with van der Waals surface area (Å²) in [6.45, 7) is 6.69. The van der Waals surface area contributed by atoms with Gasteiger partial charge in [0.1, 0.15) is 6.10 Å². The van der Waals surface area contributed by atoms with Crippen molar-refractivity contribution >= 4 is 15.9 Å². The highest BCUT2D eigenvalue weighted by Crippen LogP contribution is 2.20. The number of halogens is 1. The van der Waals surface area contributed by atoms with Crippen LogP contribution in [-0.4, -0.2) is 22.2 Å². The van der Waals surface area contributed by atoms with Gasteiger partial charge in [0.15, 0.2) is 0 Å². The number of rotatable bonds is 3. The monoisotopic (exact) mass is 272 g/mol. The molecule has 1 aromatic heterocycles. The molecule has 0 spiro atoms. The van der Waals surface area contributed by atoms with Gasteiger partial charge in [0.2, 0.25) is 0 Å². The van der Waals surface area contributed by atoms with Crippen molar-refractivity contribution in [1.82, 2.24) is 10.3 Å². The number of aliphatic hydroxyl groups is 1. The normalized spacial score (nSPS) is 13.9. The summed E-state index contributed by atoms with van der Waals surface area (Å²) < 4.78 is 0.841. The van der Waals surface area contributed by atoms with Gasteiger partial charge in [-0.3, -0.25) is 4.98 Å². The van der Waals surface area contributed by atoms with Gasteiger partial charge in [-0.25, -0.2) is 0 Å². The zero-order chi connectivity index (χ0) is 11.5. The van der Waals surface area contributed by atoms with Gasteiger partial charge in [0, 0.05) is 22.8 Å². The summed E-state index contributed by atoms with van der Waals surface area (Å²) in [7, 11) is 0. The van der Waals surface area contributed by atoms with E-state index in [0.29, 0.717) is 12.2 Å². The molecule has 0 fully saturated rings. The Hall–Kier alpha value is -0.450. The van der Waals surface area contributed by atoms with E-state index >= 15 is 0 Å². The third-order valence-corrected chi connectivity index (χ3v) is 2.60. The van der Waals surface area contributed by atoms with Crippen LogP contribution in [0, 0.1) is 0 Å². The van der Waals surface area contributed by atoms with Crippen LogP contribution in [0.15, 0.2) is 22.8 Å². The van der Waals surface area contributed by atoms with Crippen molar-refractivity contribution in [2.75, 3.05) is 6.54 Å². The van der Waals surface area contributed by atoms with Gasteiger partial charge in [0.25, 0.3) is 0 Å². The minimum atomic E-state index is -0.584. The Bertz CT molecular complexity index is 323. The van der Waals surface area contributed by atoms with E-state index in [2.05, 4.69) is 47.0 Å². The van der Waals surface area contributed by atoms with Crippen LogP contribution in [0.2, 0.25) is 0 Å². The molecule has 0 radical (unpaired) electrons. The second kappa shape index (κ2) is 5.05. The number of nitrogens with one attached hydrogen (secondary N) is 1. The van der Waals surface area contributed by atoms with E-state index < -0.39 is 6.10 Å². The Labute approximate surface area is 99.1 Å². The molecular formula is C11H17BrN2O. The van der Waals surface area contributed by atoms with Crippen LogP contribution in [0.1, 0.15) is 32.6 Å². The molecule has 1 rings (SSSR count). The molecule has 0 aromatic carbocycles. The minimum Gasteiger partial charge on any atom is -0.385 e. The highest BCUT2D eigenvalue weighted by atomic mass is 79.9. The molecule has 1 unspecified atom stereocenters. The number of β-amino-alcohol motifs (C(OH)–C–C–N with tert-alkyl or cyclic N) is 1. The topological polar surface area (TPSA) is 45.1 Å². The third-order valence-electron chi connectivity index (χ3n) is 1.93. The average molecular weight is 273 g/mol. The summed E-state index contributed by atoms with van der Waals surface area (Å²) in [4.78, 5) is 4.14. The lowest BCUT2D eigenvalue weighted by Gasteiger charge is -2.22. The number of pyridine rings is 1. The van der Waals surface area contributed by atoms with Crippen molar-refractivity contribution in [3.05, 3.63) is 28.5 Å². The van der Waals surface area contributed by atoms with Gasteiger partial charge in [-0.05, 0) is 48.8 Å². The van der Waals surface area contributed by atoms with E-state index in [1.807, 2.05) is 12.1 Å². The Morgan fingerprint density at radius 3 is 2.73 bits per heavy atom. The van der Waals surface area contributed by atoms with Crippen LogP contribution in [0.25, 0.3) is 0 Å². The van der Waals surface area contributed by atoms with Crippen LogP contribution >= 0.6 is 15.9 Å². The first kappa shape index (κ1) is 12.6. The van der Waals surface area contributed by atoms with E-state index in [0.717, 1.165) is 4.47 Å². The van der Waals surface area contributed by atoms with Gasteiger partial charge in [0.05, 0.1) is 5.69 Å².